The van der Waals surface area contributed by atoms with Crippen molar-refractivity contribution in [1.82, 2.24) is 9.80 Å². The van der Waals surface area contributed by atoms with E-state index in [4.69, 9.17) is 0 Å². The fraction of sp³-hybridized carbons (Fsp3) is 0.650. The van der Waals surface area contributed by atoms with Crippen molar-refractivity contribution in [2.45, 2.75) is 58.9 Å². The summed E-state index contributed by atoms with van der Waals surface area (Å²) < 4.78 is 26.5. The van der Waals surface area contributed by atoms with Gasteiger partial charge in [-0.3, -0.25) is 9.69 Å². The number of rotatable bonds is 5. The number of amides is 1. The normalized spacial score (nSPS) is 17.8. The van der Waals surface area contributed by atoms with Crippen molar-refractivity contribution in [3.8, 4) is 0 Å². The maximum Gasteiger partial charge on any atom is 0.209 e. The summed E-state index contributed by atoms with van der Waals surface area (Å²) in [6.07, 6.45) is 2.88. The molecule has 0 aliphatic carbocycles. The summed E-state index contributed by atoms with van der Waals surface area (Å²) in [7, 11) is 0. The van der Waals surface area contributed by atoms with Crippen molar-refractivity contribution in [2.24, 2.45) is 0 Å². The maximum absolute atomic E-state index is 13.7. The van der Waals surface area contributed by atoms with Gasteiger partial charge in [-0.1, -0.05) is 13.0 Å². The summed E-state index contributed by atoms with van der Waals surface area (Å²) in [6, 6.07) is 3.91. The Balaban J connectivity index is 0.000000333. The van der Waals surface area contributed by atoms with Gasteiger partial charge in [0.2, 0.25) is 6.41 Å². The first-order valence-corrected chi connectivity index (χ1v) is 9.12. The number of nitrogens with zero attached hydrogens (tertiary/aromatic N) is 2. The van der Waals surface area contributed by atoms with Crippen molar-refractivity contribution in [3.63, 3.8) is 0 Å². The second kappa shape index (κ2) is 9.85. The van der Waals surface area contributed by atoms with Gasteiger partial charge in [0.25, 0.3) is 0 Å². The van der Waals surface area contributed by atoms with Gasteiger partial charge in [0.15, 0.2) is 0 Å². The SMILES string of the molecule is CC(C)(C)N1CCC(c2ccc(F)cc2F)C1.CCCN(C=O)CC. The molecule has 0 spiro atoms. The molecule has 1 fully saturated rings. The number of likely N-dealkylation sites (tertiary alicyclic amines) is 1. The standard InChI is InChI=1S/C14H19F2N.C6H13NO/c1-14(2,3)17-7-6-10(9-17)12-5-4-11(15)8-13(12)16;1-3-5-7(4-2)6-8/h4-5,8,10H,6-7,9H2,1-3H3;6H,3-5H2,1-2H3. The molecule has 25 heavy (non-hydrogen) atoms. The fourth-order valence-corrected chi connectivity index (χ4v) is 3.03. The zero-order chi connectivity index (χ0) is 19.0. The second-order valence-corrected chi connectivity index (χ2v) is 7.50. The lowest BCUT2D eigenvalue weighted by molar-refractivity contribution is -0.118. The molecule has 142 valence electrons. The number of benzene rings is 1. The van der Waals surface area contributed by atoms with Gasteiger partial charge in [0, 0.05) is 37.2 Å². The Kier molecular flexibility index (Phi) is 8.50. The average molecular weight is 354 g/mol. The predicted molar refractivity (Wildman–Crippen MR) is 98.6 cm³/mol. The van der Waals surface area contributed by atoms with Crippen LogP contribution in [0.25, 0.3) is 0 Å². The molecule has 0 radical (unpaired) electrons. The zero-order valence-corrected chi connectivity index (χ0v) is 16.2. The number of hydrogen-bond donors (Lipinski definition) is 0. The number of hydrogen-bond acceptors (Lipinski definition) is 2. The topological polar surface area (TPSA) is 23.6 Å². The van der Waals surface area contributed by atoms with E-state index in [1.807, 2.05) is 6.92 Å². The third-order valence-corrected chi connectivity index (χ3v) is 4.61. The van der Waals surface area contributed by atoms with Crippen molar-refractivity contribution in [2.75, 3.05) is 26.2 Å². The molecule has 0 N–H and O–H groups in total. The van der Waals surface area contributed by atoms with E-state index in [2.05, 4.69) is 32.6 Å². The molecular formula is C20H32F2N2O. The minimum Gasteiger partial charge on any atom is -0.346 e. The van der Waals surface area contributed by atoms with Gasteiger partial charge >= 0.3 is 0 Å². The monoisotopic (exact) mass is 354 g/mol. The van der Waals surface area contributed by atoms with Crippen molar-refractivity contribution < 1.29 is 13.6 Å². The number of halogens is 2. The van der Waals surface area contributed by atoms with Gasteiger partial charge in [-0.05, 0) is 58.7 Å². The van der Waals surface area contributed by atoms with Gasteiger partial charge in [0.05, 0.1) is 0 Å². The smallest absolute Gasteiger partial charge is 0.209 e. The van der Waals surface area contributed by atoms with Gasteiger partial charge in [-0.2, -0.15) is 0 Å². The lowest BCUT2D eigenvalue weighted by atomic mass is 9.97. The molecule has 1 unspecified atom stereocenters. The summed E-state index contributed by atoms with van der Waals surface area (Å²) in [5.74, 6) is -0.725. The molecule has 0 saturated carbocycles. The van der Waals surface area contributed by atoms with Crippen LogP contribution >= 0.6 is 0 Å². The van der Waals surface area contributed by atoms with Crippen molar-refractivity contribution in [3.05, 3.63) is 35.4 Å². The summed E-state index contributed by atoms with van der Waals surface area (Å²) in [6.45, 7) is 14.1. The van der Waals surface area contributed by atoms with Crippen LogP contribution in [-0.2, 0) is 4.79 Å². The Morgan fingerprint density at radius 1 is 1.28 bits per heavy atom. The van der Waals surface area contributed by atoms with Gasteiger partial charge < -0.3 is 4.90 Å². The molecule has 1 heterocycles. The molecule has 1 aromatic rings. The van der Waals surface area contributed by atoms with E-state index >= 15 is 0 Å². The van der Waals surface area contributed by atoms with E-state index in [-0.39, 0.29) is 11.5 Å². The maximum atomic E-state index is 13.7. The molecule has 5 heteroatoms. The third kappa shape index (κ3) is 6.73. The summed E-state index contributed by atoms with van der Waals surface area (Å²) in [4.78, 5) is 14.1. The van der Waals surface area contributed by atoms with Crippen molar-refractivity contribution >= 4 is 6.41 Å². The van der Waals surface area contributed by atoms with Gasteiger partial charge in [0.1, 0.15) is 11.6 Å². The first-order valence-electron chi connectivity index (χ1n) is 9.12. The summed E-state index contributed by atoms with van der Waals surface area (Å²) in [5, 5.41) is 0. The highest BCUT2D eigenvalue weighted by Crippen LogP contribution is 2.32. The first-order chi connectivity index (χ1) is 11.7. The van der Waals surface area contributed by atoms with Gasteiger partial charge in [-0.15, -0.1) is 0 Å². The third-order valence-electron chi connectivity index (χ3n) is 4.61. The number of carbonyl (C=O) groups excluding carboxylic acids is 1. The Morgan fingerprint density at radius 3 is 2.36 bits per heavy atom. The van der Waals surface area contributed by atoms with E-state index in [9.17, 15) is 13.6 Å². The molecule has 1 aliphatic rings. The molecule has 1 aliphatic heterocycles. The largest absolute Gasteiger partial charge is 0.346 e. The van der Waals surface area contributed by atoms with Crippen LogP contribution in [0, 0.1) is 11.6 Å². The van der Waals surface area contributed by atoms with E-state index in [0.29, 0.717) is 5.56 Å². The molecule has 1 saturated heterocycles. The predicted octanol–water partition coefficient (Wildman–Crippen LogP) is 4.43. The molecule has 0 aromatic heterocycles. The van der Waals surface area contributed by atoms with Crippen LogP contribution in [0.15, 0.2) is 18.2 Å². The molecule has 2 rings (SSSR count). The van der Waals surface area contributed by atoms with Crippen LogP contribution in [0.3, 0.4) is 0 Å². The molecule has 3 nitrogen and oxygen atoms in total. The van der Waals surface area contributed by atoms with E-state index in [1.54, 1.807) is 11.0 Å². The lowest BCUT2D eigenvalue weighted by Crippen LogP contribution is -2.39. The molecule has 1 amide bonds. The van der Waals surface area contributed by atoms with Crippen LogP contribution in [0.4, 0.5) is 8.78 Å². The van der Waals surface area contributed by atoms with Crippen LogP contribution in [0.2, 0.25) is 0 Å². The summed E-state index contributed by atoms with van der Waals surface area (Å²) in [5.41, 5.74) is 0.767. The van der Waals surface area contributed by atoms with Crippen molar-refractivity contribution in [1.29, 1.82) is 0 Å². The Morgan fingerprint density at radius 2 is 1.96 bits per heavy atom. The first kappa shape index (κ1) is 21.6. The minimum atomic E-state index is -0.503. The zero-order valence-electron chi connectivity index (χ0n) is 16.2. The van der Waals surface area contributed by atoms with Gasteiger partial charge in [-0.25, -0.2) is 8.78 Å². The van der Waals surface area contributed by atoms with E-state index in [0.717, 1.165) is 51.5 Å². The second-order valence-electron chi connectivity index (χ2n) is 7.50. The lowest BCUT2D eigenvalue weighted by Gasteiger charge is -2.31. The Hall–Kier alpha value is -1.49. The van der Waals surface area contributed by atoms with Crippen LogP contribution < -0.4 is 0 Å². The van der Waals surface area contributed by atoms with Crippen LogP contribution in [-0.4, -0.2) is 47.9 Å². The highest BCUT2D eigenvalue weighted by Gasteiger charge is 2.32. The minimum absolute atomic E-state index is 0.116. The molecule has 1 atom stereocenters. The highest BCUT2D eigenvalue weighted by atomic mass is 19.1. The van der Waals surface area contributed by atoms with Crippen LogP contribution in [0.1, 0.15) is 58.9 Å². The molecule has 1 aromatic carbocycles. The average Bonchev–Trinajstić information content (AvgIpc) is 3.03. The summed E-state index contributed by atoms with van der Waals surface area (Å²) >= 11 is 0. The quantitative estimate of drug-likeness (QED) is 0.731. The fourth-order valence-electron chi connectivity index (χ4n) is 3.03. The molecule has 0 bridgehead atoms. The Labute approximate surface area is 151 Å². The van der Waals surface area contributed by atoms with E-state index < -0.39 is 11.6 Å². The Bertz CT molecular complexity index is 543. The number of carbonyl (C=O) groups is 1. The highest BCUT2D eigenvalue weighted by molar-refractivity contribution is 5.46. The molecular weight excluding hydrogens is 322 g/mol. The van der Waals surface area contributed by atoms with E-state index in [1.165, 1.54) is 6.07 Å². The van der Waals surface area contributed by atoms with Crippen LogP contribution in [0.5, 0.6) is 0 Å².